The summed E-state index contributed by atoms with van der Waals surface area (Å²) in [5, 5.41) is 18.4. The van der Waals surface area contributed by atoms with Crippen molar-refractivity contribution in [2.45, 2.75) is 55.4 Å². The van der Waals surface area contributed by atoms with Crippen LogP contribution < -0.4 is 9.80 Å². The molecule has 0 N–H and O–H groups in total. The van der Waals surface area contributed by atoms with Gasteiger partial charge in [0.1, 0.15) is 11.2 Å². The molecule has 11 aromatic rings. The van der Waals surface area contributed by atoms with Gasteiger partial charge < -0.3 is 18.6 Å². The maximum Gasteiger partial charge on any atom is 0.179 e. The summed E-state index contributed by atoms with van der Waals surface area (Å²) in [6, 6.07) is 52.4. The van der Waals surface area contributed by atoms with Gasteiger partial charge in [0, 0.05) is 55.7 Å². The Labute approximate surface area is 373 Å². The van der Waals surface area contributed by atoms with E-state index in [0.717, 1.165) is 82.8 Å². The average Bonchev–Trinajstić information content (AvgIpc) is 3.85. The Morgan fingerprint density at radius 3 is 1.23 bits per heavy atom. The first kappa shape index (κ1) is 39.1. The molecule has 0 atom stereocenters. The van der Waals surface area contributed by atoms with E-state index in [9.17, 15) is 5.26 Å². The summed E-state index contributed by atoms with van der Waals surface area (Å²) < 4.78 is 13.6. The van der Waals surface area contributed by atoms with E-state index in [1.54, 1.807) is 0 Å². The van der Waals surface area contributed by atoms with Crippen LogP contribution >= 0.6 is 0 Å². The monoisotopic (exact) mass is 829 g/mol. The highest BCUT2D eigenvalue weighted by atomic mass is 16.4. The van der Waals surface area contributed by atoms with Gasteiger partial charge in [0.15, 0.2) is 11.2 Å². The number of furan rings is 2. The van der Waals surface area contributed by atoms with E-state index in [1.807, 2.05) is 6.07 Å². The zero-order chi connectivity index (χ0) is 44.1. The second-order valence-corrected chi connectivity index (χ2v) is 17.6. The van der Waals surface area contributed by atoms with Crippen LogP contribution in [-0.2, 0) is 0 Å². The lowest BCUT2D eigenvalue weighted by atomic mass is 9.99. The smallest absolute Gasteiger partial charge is 0.179 e. The topological polar surface area (TPSA) is 56.6 Å². The van der Waals surface area contributed by atoms with Crippen LogP contribution in [0.25, 0.3) is 65.4 Å². The lowest BCUT2D eigenvalue weighted by Gasteiger charge is -2.30. The highest BCUT2D eigenvalue weighted by Gasteiger charge is 2.24. The summed E-state index contributed by atoms with van der Waals surface area (Å²) in [7, 11) is 0. The van der Waals surface area contributed by atoms with Crippen LogP contribution in [0.2, 0.25) is 0 Å². The van der Waals surface area contributed by atoms with Crippen molar-refractivity contribution in [3.05, 3.63) is 190 Å². The molecule has 0 aliphatic carbocycles. The maximum absolute atomic E-state index is 10.7. The Morgan fingerprint density at radius 2 is 0.797 bits per heavy atom. The molecule has 11 rings (SSSR count). The second-order valence-electron chi connectivity index (χ2n) is 17.6. The fourth-order valence-corrected chi connectivity index (χ4v) is 9.72. The number of fused-ring (bicyclic) bond motifs is 9. The van der Waals surface area contributed by atoms with Crippen molar-refractivity contribution in [2.75, 3.05) is 9.80 Å². The molecule has 64 heavy (non-hydrogen) atoms. The molecule has 5 nitrogen and oxygen atoms in total. The number of nitrogens with zero attached hydrogens (tertiary/aromatic N) is 3. The number of aryl methyl sites for hydroxylation is 4. The molecule has 0 unspecified atom stereocenters. The molecule has 2 heterocycles. The van der Waals surface area contributed by atoms with Crippen LogP contribution in [0.15, 0.2) is 148 Å². The molecule has 9 aromatic carbocycles. The summed E-state index contributed by atoms with van der Waals surface area (Å²) in [5.41, 5.74) is 19.9. The predicted octanol–water partition coefficient (Wildman–Crippen LogP) is 17.1. The molecule has 5 heteroatoms. The molecular formula is C59H47N3O2. The van der Waals surface area contributed by atoms with Gasteiger partial charge in [-0.15, -0.1) is 0 Å². The van der Waals surface area contributed by atoms with E-state index in [1.165, 1.54) is 44.5 Å². The quantitative estimate of drug-likeness (QED) is 0.167. The molecule has 0 amide bonds. The molecule has 0 spiro atoms. The SMILES string of the molecule is Cc1cccc(N(c2ccc3cc4c(cc3c2)oc2c4cc(C#N)c3c4cc5ccc(N(c6cccc(C)c6C)c6cccc(C)c6C)cc5cc4oc23)c2cccc(C)c2C)c1C. The minimum Gasteiger partial charge on any atom is -0.452 e. The molecular weight excluding hydrogens is 783 g/mol. The number of hydrogen-bond donors (Lipinski definition) is 0. The van der Waals surface area contributed by atoms with Crippen molar-refractivity contribution in [3.63, 3.8) is 0 Å². The highest BCUT2D eigenvalue weighted by molar-refractivity contribution is 6.23. The van der Waals surface area contributed by atoms with Gasteiger partial charge in [-0.1, -0.05) is 60.7 Å². The third-order valence-corrected chi connectivity index (χ3v) is 14.0. The highest BCUT2D eigenvalue weighted by Crippen LogP contribution is 2.46. The minimum absolute atomic E-state index is 0.559. The maximum atomic E-state index is 10.7. The number of rotatable bonds is 6. The van der Waals surface area contributed by atoms with Crippen molar-refractivity contribution in [2.24, 2.45) is 0 Å². The molecule has 0 radical (unpaired) electrons. The lowest BCUT2D eigenvalue weighted by Crippen LogP contribution is -2.13. The third kappa shape index (κ3) is 5.97. The first-order chi connectivity index (χ1) is 31.0. The second kappa shape index (κ2) is 14.6. The van der Waals surface area contributed by atoms with Crippen LogP contribution in [-0.4, -0.2) is 0 Å². The summed E-state index contributed by atoms with van der Waals surface area (Å²) in [4.78, 5) is 4.75. The van der Waals surface area contributed by atoms with Gasteiger partial charge in [0.25, 0.3) is 0 Å². The zero-order valence-electron chi connectivity index (χ0n) is 37.4. The Bertz CT molecular complexity index is 3700. The van der Waals surface area contributed by atoms with Crippen LogP contribution in [0.3, 0.4) is 0 Å². The minimum atomic E-state index is 0.559. The van der Waals surface area contributed by atoms with E-state index in [-0.39, 0.29) is 0 Å². The van der Waals surface area contributed by atoms with Crippen molar-refractivity contribution < 1.29 is 8.83 Å². The fraction of sp³-hybridized carbons (Fsp3) is 0.136. The molecule has 0 bridgehead atoms. The number of anilines is 6. The van der Waals surface area contributed by atoms with E-state index in [2.05, 4.69) is 205 Å². The van der Waals surface area contributed by atoms with E-state index in [0.29, 0.717) is 22.3 Å². The Kier molecular flexibility index (Phi) is 8.94. The van der Waals surface area contributed by atoms with Gasteiger partial charge in [-0.25, -0.2) is 0 Å². The molecule has 0 fully saturated rings. The molecule has 2 aromatic heterocycles. The molecule has 0 saturated carbocycles. The molecule has 310 valence electrons. The number of hydrogen-bond acceptors (Lipinski definition) is 5. The van der Waals surface area contributed by atoms with E-state index in [4.69, 9.17) is 8.83 Å². The Hall–Kier alpha value is -7.81. The van der Waals surface area contributed by atoms with Gasteiger partial charge in [-0.2, -0.15) is 5.26 Å². The number of benzene rings is 9. The van der Waals surface area contributed by atoms with Gasteiger partial charge in [-0.3, -0.25) is 0 Å². The van der Waals surface area contributed by atoms with Crippen LogP contribution in [0.5, 0.6) is 0 Å². The summed E-state index contributed by atoms with van der Waals surface area (Å²) in [5.74, 6) is 0. The van der Waals surface area contributed by atoms with E-state index < -0.39 is 0 Å². The van der Waals surface area contributed by atoms with Crippen LogP contribution in [0.1, 0.15) is 50.1 Å². The van der Waals surface area contributed by atoms with E-state index >= 15 is 0 Å². The largest absolute Gasteiger partial charge is 0.452 e. The molecule has 0 saturated heterocycles. The van der Waals surface area contributed by atoms with Gasteiger partial charge in [0.2, 0.25) is 0 Å². The summed E-state index contributed by atoms with van der Waals surface area (Å²) in [6.07, 6.45) is 0. The Morgan fingerprint density at radius 1 is 0.391 bits per heavy atom. The summed E-state index contributed by atoms with van der Waals surface area (Å²) in [6.45, 7) is 17.5. The van der Waals surface area contributed by atoms with Crippen LogP contribution in [0, 0.1) is 66.7 Å². The van der Waals surface area contributed by atoms with Crippen molar-refractivity contribution in [1.29, 1.82) is 5.26 Å². The average molecular weight is 830 g/mol. The Balaban J connectivity index is 1.08. The zero-order valence-corrected chi connectivity index (χ0v) is 37.4. The van der Waals surface area contributed by atoms with Crippen molar-refractivity contribution in [3.8, 4) is 6.07 Å². The number of nitriles is 1. The van der Waals surface area contributed by atoms with Crippen molar-refractivity contribution in [1.82, 2.24) is 0 Å². The first-order valence-electron chi connectivity index (χ1n) is 22.0. The standard InChI is InChI=1S/C59H47N3O2/c1-33-13-9-17-51(37(33)5)61(52-18-10-14-34(2)38(52)6)46-23-21-41-27-48-49-29-45(32-60)57-50-28-42-22-24-47(26-44(42)31-56(50)64-59(57)58(49)63-55(48)30-43(41)25-46)62(53-19-11-15-35(3)39(53)7)54-20-12-16-36(4)40(54)8/h9-31H,1-8H3. The fourth-order valence-electron chi connectivity index (χ4n) is 9.72. The van der Waals surface area contributed by atoms with Crippen LogP contribution in [0.4, 0.5) is 34.1 Å². The van der Waals surface area contributed by atoms with Gasteiger partial charge >= 0.3 is 0 Å². The predicted molar refractivity (Wildman–Crippen MR) is 268 cm³/mol. The van der Waals surface area contributed by atoms with Gasteiger partial charge in [0.05, 0.1) is 11.6 Å². The lowest BCUT2D eigenvalue weighted by molar-refractivity contribution is 0.634. The van der Waals surface area contributed by atoms with Crippen molar-refractivity contribution >= 4 is 99.5 Å². The van der Waals surface area contributed by atoms with Gasteiger partial charge in [-0.05, 0) is 200 Å². The molecule has 0 aliphatic heterocycles. The third-order valence-electron chi connectivity index (χ3n) is 14.0. The first-order valence-corrected chi connectivity index (χ1v) is 22.0. The normalized spacial score (nSPS) is 11.7. The summed E-state index contributed by atoms with van der Waals surface area (Å²) >= 11 is 0. The molecule has 0 aliphatic rings.